The molecule has 1 N–H and O–H groups in total. The standard InChI is InChI=1S/C17H17NO3/c1-2-20-14-6-3-12(4-7-14)10-17-18-15-8-5-13(11-19)9-16(15)21-17/h3-9,19H,2,10-11H2,1H3. The van der Waals surface area contributed by atoms with Gasteiger partial charge in [-0.2, -0.15) is 0 Å². The first-order valence-electron chi connectivity index (χ1n) is 6.99. The van der Waals surface area contributed by atoms with Crippen LogP contribution in [0.5, 0.6) is 5.75 Å². The minimum atomic E-state index is 0.00483. The molecule has 0 saturated carbocycles. The van der Waals surface area contributed by atoms with Gasteiger partial charge in [-0.1, -0.05) is 18.2 Å². The Bertz CT molecular complexity index is 731. The molecule has 108 valence electrons. The van der Waals surface area contributed by atoms with Crippen molar-refractivity contribution in [1.29, 1.82) is 0 Å². The Kier molecular flexibility index (Phi) is 3.88. The van der Waals surface area contributed by atoms with Crippen molar-refractivity contribution < 1.29 is 14.3 Å². The van der Waals surface area contributed by atoms with Gasteiger partial charge in [-0.3, -0.25) is 0 Å². The Labute approximate surface area is 123 Å². The summed E-state index contributed by atoms with van der Waals surface area (Å²) >= 11 is 0. The molecular formula is C17H17NO3. The summed E-state index contributed by atoms with van der Waals surface area (Å²) < 4.78 is 11.2. The Balaban J connectivity index is 1.80. The van der Waals surface area contributed by atoms with Crippen molar-refractivity contribution in [3.8, 4) is 5.75 Å². The minimum absolute atomic E-state index is 0.00483. The molecule has 0 amide bonds. The highest BCUT2D eigenvalue weighted by molar-refractivity contribution is 5.73. The molecule has 0 fully saturated rings. The van der Waals surface area contributed by atoms with Gasteiger partial charge in [0.1, 0.15) is 11.3 Å². The second kappa shape index (κ2) is 5.97. The average molecular weight is 283 g/mol. The normalized spacial score (nSPS) is 11.0. The third-order valence-electron chi connectivity index (χ3n) is 3.27. The van der Waals surface area contributed by atoms with Gasteiger partial charge in [0, 0.05) is 6.42 Å². The predicted octanol–water partition coefficient (Wildman–Crippen LogP) is 3.31. The molecular weight excluding hydrogens is 266 g/mol. The molecule has 0 aliphatic heterocycles. The summed E-state index contributed by atoms with van der Waals surface area (Å²) in [4.78, 5) is 4.46. The number of hydrogen-bond acceptors (Lipinski definition) is 4. The highest BCUT2D eigenvalue weighted by Gasteiger charge is 2.07. The maximum atomic E-state index is 9.13. The second-order valence-electron chi connectivity index (χ2n) is 4.82. The maximum Gasteiger partial charge on any atom is 0.199 e. The summed E-state index contributed by atoms with van der Waals surface area (Å²) in [5, 5.41) is 9.13. The highest BCUT2D eigenvalue weighted by Crippen LogP contribution is 2.20. The number of hydrogen-bond donors (Lipinski definition) is 1. The molecule has 0 aliphatic carbocycles. The van der Waals surface area contributed by atoms with Gasteiger partial charge in [0.25, 0.3) is 0 Å². The minimum Gasteiger partial charge on any atom is -0.494 e. The quantitative estimate of drug-likeness (QED) is 0.780. The number of aromatic nitrogens is 1. The number of fused-ring (bicyclic) bond motifs is 1. The molecule has 0 bridgehead atoms. The molecule has 0 unspecified atom stereocenters. The fraction of sp³-hybridized carbons (Fsp3) is 0.235. The maximum absolute atomic E-state index is 9.13. The monoisotopic (exact) mass is 283 g/mol. The fourth-order valence-electron chi connectivity index (χ4n) is 2.24. The van der Waals surface area contributed by atoms with Crippen molar-refractivity contribution in [3.05, 3.63) is 59.5 Å². The highest BCUT2D eigenvalue weighted by atomic mass is 16.5. The van der Waals surface area contributed by atoms with Gasteiger partial charge in [0.2, 0.25) is 0 Å². The lowest BCUT2D eigenvalue weighted by molar-refractivity contribution is 0.282. The molecule has 0 atom stereocenters. The number of aliphatic hydroxyl groups is 1. The van der Waals surface area contributed by atoms with Gasteiger partial charge in [-0.15, -0.1) is 0 Å². The van der Waals surface area contributed by atoms with Crippen LogP contribution in [0.25, 0.3) is 11.1 Å². The Morgan fingerprint density at radius 2 is 1.86 bits per heavy atom. The van der Waals surface area contributed by atoms with Crippen molar-refractivity contribution >= 4 is 11.1 Å². The van der Waals surface area contributed by atoms with E-state index in [0.29, 0.717) is 24.5 Å². The van der Waals surface area contributed by atoms with Crippen LogP contribution in [0.15, 0.2) is 46.9 Å². The molecule has 0 radical (unpaired) electrons. The van der Waals surface area contributed by atoms with Crippen LogP contribution < -0.4 is 4.74 Å². The molecule has 0 spiro atoms. The Morgan fingerprint density at radius 1 is 1.10 bits per heavy atom. The Hall–Kier alpha value is -2.33. The van der Waals surface area contributed by atoms with E-state index in [4.69, 9.17) is 14.3 Å². The summed E-state index contributed by atoms with van der Waals surface area (Å²) in [5.74, 6) is 1.54. The van der Waals surface area contributed by atoms with Crippen LogP contribution in [0.1, 0.15) is 23.9 Å². The molecule has 1 heterocycles. The van der Waals surface area contributed by atoms with Crippen LogP contribution in [0.2, 0.25) is 0 Å². The molecule has 0 saturated heterocycles. The molecule has 2 aromatic carbocycles. The number of aliphatic hydroxyl groups excluding tert-OH is 1. The Morgan fingerprint density at radius 3 is 2.57 bits per heavy atom. The van der Waals surface area contributed by atoms with Gasteiger partial charge in [0.05, 0.1) is 13.2 Å². The van der Waals surface area contributed by atoms with E-state index in [-0.39, 0.29) is 6.61 Å². The topological polar surface area (TPSA) is 55.5 Å². The zero-order chi connectivity index (χ0) is 14.7. The first kappa shape index (κ1) is 13.6. The summed E-state index contributed by atoms with van der Waals surface area (Å²) in [6.45, 7) is 2.63. The van der Waals surface area contributed by atoms with Gasteiger partial charge in [-0.05, 0) is 42.3 Å². The largest absolute Gasteiger partial charge is 0.494 e. The van der Waals surface area contributed by atoms with Crippen LogP contribution in [-0.4, -0.2) is 16.7 Å². The number of ether oxygens (including phenoxy) is 1. The van der Waals surface area contributed by atoms with Gasteiger partial charge in [-0.25, -0.2) is 4.98 Å². The zero-order valence-corrected chi connectivity index (χ0v) is 11.9. The molecule has 1 aromatic heterocycles. The van der Waals surface area contributed by atoms with Crippen molar-refractivity contribution in [2.45, 2.75) is 20.0 Å². The van der Waals surface area contributed by atoms with E-state index in [1.54, 1.807) is 0 Å². The molecule has 4 nitrogen and oxygen atoms in total. The van der Waals surface area contributed by atoms with Crippen LogP contribution in [0.3, 0.4) is 0 Å². The van der Waals surface area contributed by atoms with E-state index in [1.807, 2.05) is 49.4 Å². The molecule has 0 aliphatic rings. The predicted molar refractivity (Wildman–Crippen MR) is 80.3 cm³/mol. The van der Waals surface area contributed by atoms with E-state index in [1.165, 1.54) is 0 Å². The van der Waals surface area contributed by atoms with E-state index < -0.39 is 0 Å². The molecule has 3 aromatic rings. The smallest absolute Gasteiger partial charge is 0.199 e. The lowest BCUT2D eigenvalue weighted by atomic mass is 10.1. The van der Waals surface area contributed by atoms with Crippen molar-refractivity contribution in [2.24, 2.45) is 0 Å². The number of oxazole rings is 1. The lowest BCUT2D eigenvalue weighted by Crippen LogP contribution is -1.92. The SMILES string of the molecule is CCOc1ccc(Cc2nc3ccc(CO)cc3o2)cc1. The van der Waals surface area contributed by atoms with Crippen LogP contribution in [-0.2, 0) is 13.0 Å². The first-order valence-corrected chi connectivity index (χ1v) is 6.99. The second-order valence-corrected chi connectivity index (χ2v) is 4.82. The molecule has 3 rings (SSSR count). The first-order chi connectivity index (χ1) is 10.3. The number of nitrogens with zero attached hydrogens (tertiary/aromatic N) is 1. The summed E-state index contributed by atoms with van der Waals surface area (Å²) in [6, 6.07) is 13.5. The third kappa shape index (κ3) is 3.06. The third-order valence-corrected chi connectivity index (χ3v) is 3.27. The summed E-state index contributed by atoms with van der Waals surface area (Å²) in [7, 11) is 0. The molecule has 21 heavy (non-hydrogen) atoms. The van der Waals surface area contributed by atoms with Crippen molar-refractivity contribution in [3.63, 3.8) is 0 Å². The van der Waals surface area contributed by atoms with Crippen LogP contribution in [0.4, 0.5) is 0 Å². The van der Waals surface area contributed by atoms with Crippen molar-refractivity contribution in [1.82, 2.24) is 4.98 Å². The van der Waals surface area contributed by atoms with E-state index in [2.05, 4.69) is 4.98 Å². The average Bonchev–Trinajstić information content (AvgIpc) is 2.90. The van der Waals surface area contributed by atoms with Crippen LogP contribution in [0, 0.1) is 0 Å². The van der Waals surface area contributed by atoms with Gasteiger partial charge >= 0.3 is 0 Å². The lowest BCUT2D eigenvalue weighted by Gasteiger charge is -2.03. The summed E-state index contributed by atoms with van der Waals surface area (Å²) in [5.41, 5.74) is 3.47. The van der Waals surface area contributed by atoms with Gasteiger partial charge in [0.15, 0.2) is 11.5 Å². The fourth-order valence-corrected chi connectivity index (χ4v) is 2.24. The zero-order valence-electron chi connectivity index (χ0n) is 11.9. The number of benzene rings is 2. The van der Waals surface area contributed by atoms with Gasteiger partial charge < -0.3 is 14.3 Å². The van der Waals surface area contributed by atoms with Crippen LogP contribution >= 0.6 is 0 Å². The number of rotatable bonds is 5. The van der Waals surface area contributed by atoms with Crippen molar-refractivity contribution in [2.75, 3.05) is 6.61 Å². The molecule has 4 heteroatoms. The summed E-state index contributed by atoms with van der Waals surface area (Å²) in [6.07, 6.45) is 0.634. The van der Waals surface area contributed by atoms with E-state index in [9.17, 15) is 0 Å². The van der Waals surface area contributed by atoms with E-state index in [0.717, 1.165) is 22.4 Å². The van der Waals surface area contributed by atoms with E-state index >= 15 is 0 Å².